The molecule has 0 saturated heterocycles. The summed E-state index contributed by atoms with van der Waals surface area (Å²) < 4.78 is 0. The quantitative estimate of drug-likeness (QED) is 0.419. The normalized spacial score (nSPS) is 44.2. The van der Waals surface area contributed by atoms with Crippen LogP contribution in [0.3, 0.4) is 0 Å². The summed E-state index contributed by atoms with van der Waals surface area (Å²) in [7, 11) is 0. The molecule has 0 heterocycles. The Labute approximate surface area is 138 Å². The monoisotopic (exact) mass is 300 g/mol. The molecule has 0 nitrogen and oxygen atoms in total. The first-order chi connectivity index (χ1) is 9.70. The molecule has 3 aliphatic carbocycles. The second-order valence-electron chi connectivity index (χ2n) is 9.25. The topological polar surface area (TPSA) is 0 Å². The summed E-state index contributed by atoms with van der Waals surface area (Å²) in [6.07, 6.45) is 0. The van der Waals surface area contributed by atoms with E-state index in [1.54, 1.807) is 22.3 Å². The summed E-state index contributed by atoms with van der Waals surface area (Å²) >= 11 is 0. The van der Waals surface area contributed by atoms with Crippen LogP contribution in [0.5, 0.6) is 0 Å². The van der Waals surface area contributed by atoms with Crippen LogP contribution in [0.15, 0.2) is 33.4 Å². The highest BCUT2D eigenvalue weighted by atomic mass is 14.7. The first-order valence-corrected chi connectivity index (χ1v) is 8.75. The third kappa shape index (κ3) is 1.46. The molecule has 0 radical (unpaired) electrons. The summed E-state index contributed by atoms with van der Waals surface area (Å²) in [6, 6.07) is 0. The van der Waals surface area contributed by atoms with E-state index in [0.29, 0.717) is 0 Å². The fourth-order valence-electron chi connectivity index (χ4n) is 5.75. The maximum absolute atomic E-state index is 2.49. The van der Waals surface area contributed by atoms with Crippen LogP contribution in [0.25, 0.3) is 0 Å². The average Bonchev–Trinajstić information content (AvgIpc) is 2.46. The van der Waals surface area contributed by atoms with Gasteiger partial charge in [-0.1, -0.05) is 63.8 Å². The molecule has 0 fully saturated rings. The van der Waals surface area contributed by atoms with E-state index in [1.807, 2.05) is 0 Å². The molecule has 0 amide bonds. The van der Waals surface area contributed by atoms with E-state index in [-0.39, 0.29) is 21.7 Å². The number of fused-ring (bicyclic) bond motifs is 2. The van der Waals surface area contributed by atoms with Crippen molar-refractivity contribution in [2.45, 2.75) is 83.1 Å². The zero-order valence-electron chi connectivity index (χ0n) is 17.0. The minimum Gasteiger partial charge on any atom is -0.0629 e. The van der Waals surface area contributed by atoms with Crippen LogP contribution in [-0.2, 0) is 0 Å². The molecule has 0 spiro atoms. The Morgan fingerprint density at radius 2 is 0.636 bits per heavy atom. The van der Waals surface area contributed by atoms with Gasteiger partial charge in [-0.2, -0.15) is 0 Å². The number of allylic oxidation sites excluding steroid dienone is 6. The molecule has 0 saturated carbocycles. The zero-order chi connectivity index (χ0) is 17.5. The van der Waals surface area contributed by atoms with Crippen LogP contribution in [0, 0.1) is 21.7 Å². The van der Waals surface area contributed by atoms with E-state index in [4.69, 9.17) is 0 Å². The van der Waals surface area contributed by atoms with Crippen LogP contribution in [-0.4, -0.2) is 0 Å². The summed E-state index contributed by atoms with van der Waals surface area (Å²) in [6.45, 7) is 29.1. The SMILES string of the molecule is CC1=C(C)C2(C)/C(C)=C(C)/C(C)=C(/C)C1(C)C(C)(C)C2(C)C. The second kappa shape index (κ2) is 4.40. The predicted molar refractivity (Wildman–Crippen MR) is 98.9 cm³/mol. The summed E-state index contributed by atoms with van der Waals surface area (Å²) in [5.41, 5.74) is 9.90. The van der Waals surface area contributed by atoms with Crippen LogP contribution in [0.4, 0.5) is 0 Å². The highest BCUT2D eigenvalue weighted by Gasteiger charge is 2.64. The number of rotatable bonds is 0. The third-order valence-electron chi connectivity index (χ3n) is 9.31. The van der Waals surface area contributed by atoms with Crippen molar-refractivity contribution in [3.8, 4) is 0 Å². The van der Waals surface area contributed by atoms with Crippen LogP contribution >= 0.6 is 0 Å². The number of hydrogen-bond acceptors (Lipinski definition) is 0. The Balaban J connectivity index is 3.17. The van der Waals surface area contributed by atoms with E-state index >= 15 is 0 Å². The third-order valence-corrected chi connectivity index (χ3v) is 9.31. The van der Waals surface area contributed by atoms with Crippen molar-refractivity contribution in [2.24, 2.45) is 21.7 Å². The minimum atomic E-state index is 0.117. The molecule has 3 aliphatic rings. The van der Waals surface area contributed by atoms with E-state index in [9.17, 15) is 0 Å². The van der Waals surface area contributed by atoms with Gasteiger partial charge < -0.3 is 0 Å². The molecule has 2 unspecified atom stereocenters. The molecule has 2 bridgehead atoms. The first-order valence-electron chi connectivity index (χ1n) is 8.75. The Bertz CT molecular complexity index is 577. The summed E-state index contributed by atoms with van der Waals surface area (Å²) in [5.74, 6) is 0. The molecular formula is C22H36. The van der Waals surface area contributed by atoms with E-state index < -0.39 is 0 Å². The summed E-state index contributed by atoms with van der Waals surface area (Å²) in [5, 5.41) is 0. The van der Waals surface area contributed by atoms with Crippen LogP contribution in [0.2, 0.25) is 0 Å². The van der Waals surface area contributed by atoms with Crippen molar-refractivity contribution >= 4 is 0 Å². The van der Waals surface area contributed by atoms with Gasteiger partial charge in [-0.25, -0.2) is 0 Å². The molecule has 0 aromatic rings. The number of hydrogen-bond donors (Lipinski definition) is 0. The van der Waals surface area contributed by atoms with Gasteiger partial charge in [0.1, 0.15) is 0 Å². The lowest BCUT2D eigenvalue weighted by molar-refractivity contribution is -0.0691. The molecule has 0 N–H and O–H groups in total. The van der Waals surface area contributed by atoms with Gasteiger partial charge in [0.15, 0.2) is 0 Å². The zero-order valence-corrected chi connectivity index (χ0v) is 17.0. The molecule has 0 aromatic carbocycles. The van der Waals surface area contributed by atoms with Crippen LogP contribution in [0.1, 0.15) is 83.1 Å². The second-order valence-corrected chi connectivity index (χ2v) is 9.25. The Kier molecular flexibility index (Phi) is 3.51. The van der Waals surface area contributed by atoms with E-state index in [2.05, 4.69) is 83.1 Å². The largest absolute Gasteiger partial charge is 0.0629 e. The Hall–Kier alpha value is -0.780. The molecule has 0 aliphatic heterocycles. The first kappa shape index (κ1) is 17.6. The molecule has 0 aromatic heterocycles. The minimum absolute atomic E-state index is 0.117. The highest BCUT2D eigenvalue weighted by molar-refractivity contribution is 5.54. The van der Waals surface area contributed by atoms with Crippen molar-refractivity contribution < 1.29 is 0 Å². The lowest BCUT2D eigenvalue weighted by Gasteiger charge is -2.68. The maximum Gasteiger partial charge on any atom is 0.0152 e. The lowest BCUT2D eigenvalue weighted by atomic mass is 9.36. The molecule has 0 heteroatoms. The molecule has 22 heavy (non-hydrogen) atoms. The van der Waals surface area contributed by atoms with Gasteiger partial charge in [0.25, 0.3) is 0 Å². The van der Waals surface area contributed by atoms with Gasteiger partial charge in [-0.3, -0.25) is 0 Å². The Morgan fingerprint density at radius 3 is 0.864 bits per heavy atom. The van der Waals surface area contributed by atoms with Gasteiger partial charge in [-0.05, 0) is 63.5 Å². The fourth-order valence-corrected chi connectivity index (χ4v) is 5.75. The van der Waals surface area contributed by atoms with Crippen molar-refractivity contribution in [2.75, 3.05) is 0 Å². The lowest BCUT2D eigenvalue weighted by Crippen LogP contribution is -2.60. The molecule has 2 atom stereocenters. The van der Waals surface area contributed by atoms with Gasteiger partial charge in [-0.15, -0.1) is 0 Å². The average molecular weight is 301 g/mol. The maximum atomic E-state index is 2.49. The standard InChI is InChI=1S/C22H36/c1-13-14(2)16(4)22(12)18(6)17(5)21(11,15(13)3)19(7,8)20(22,9)10/h1-12H3/b15-13-,16-14+. The van der Waals surface area contributed by atoms with Gasteiger partial charge in [0.2, 0.25) is 0 Å². The highest BCUT2D eigenvalue weighted by Crippen LogP contribution is 2.73. The summed E-state index contributed by atoms with van der Waals surface area (Å²) in [4.78, 5) is 0. The smallest absolute Gasteiger partial charge is 0.0152 e. The van der Waals surface area contributed by atoms with Crippen LogP contribution < -0.4 is 0 Å². The van der Waals surface area contributed by atoms with Crippen molar-refractivity contribution in [3.63, 3.8) is 0 Å². The Morgan fingerprint density at radius 1 is 0.409 bits per heavy atom. The van der Waals surface area contributed by atoms with Gasteiger partial charge >= 0.3 is 0 Å². The van der Waals surface area contributed by atoms with Crippen molar-refractivity contribution in [3.05, 3.63) is 33.4 Å². The van der Waals surface area contributed by atoms with Crippen molar-refractivity contribution in [1.29, 1.82) is 0 Å². The van der Waals surface area contributed by atoms with Gasteiger partial charge in [0.05, 0.1) is 0 Å². The molecular weight excluding hydrogens is 264 g/mol. The molecule has 3 rings (SSSR count). The fraction of sp³-hybridized carbons (Fsp3) is 0.727. The van der Waals surface area contributed by atoms with E-state index in [0.717, 1.165) is 0 Å². The molecule has 124 valence electrons. The van der Waals surface area contributed by atoms with E-state index in [1.165, 1.54) is 11.1 Å². The van der Waals surface area contributed by atoms with Crippen molar-refractivity contribution in [1.82, 2.24) is 0 Å². The van der Waals surface area contributed by atoms with Gasteiger partial charge in [0, 0.05) is 10.8 Å². The predicted octanol–water partition coefficient (Wildman–Crippen LogP) is 7.09.